The molecule has 0 bridgehead atoms. The molecule has 160 valence electrons. The summed E-state index contributed by atoms with van der Waals surface area (Å²) >= 11 is 0. The predicted octanol–water partition coefficient (Wildman–Crippen LogP) is 5.98. The number of carbonyl (C=O) groups excluding carboxylic acids is 1. The minimum atomic E-state index is -4.43. The number of halogens is 3. The lowest BCUT2D eigenvalue weighted by molar-refractivity contribution is -0.137. The Bertz CT molecular complexity index is 1130. The fraction of sp³-hybridized carbons (Fsp3) is 0.217. The Balaban J connectivity index is 1.59. The van der Waals surface area contributed by atoms with Gasteiger partial charge in [-0.1, -0.05) is 24.3 Å². The fourth-order valence-electron chi connectivity index (χ4n) is 3.51. The first-order valence-corrected chi connectivity index (χ1v) is 9.72. The third-order valence-corrected chi connectivity index (χ3v) is 4.97. The summed E-state index contributed by atoms with van der Waals surface area (Å²) in [5.41, 5.74) is 4.09. The zero-order valence-electron chi connectivity index (χ0n) is 16.6. The molecule has 0 aliphatic heterocycles. The van der Waals surface area contributed by atoms with Gasteiger partial charge in [0.25, 0.3) is 0 Å². The van der Waals surface area contributed by atoms with Gasteiger partial charge in [0.1, 0.15) is 11.5 Å². The molecule has 0 spiro atoms. The lowest BCUT2D eigenvalue weighted by atomic mass is 9.93. The van der Waals surface area contributed by atoms with Crippen molar-refractivity contribution < 1.29 is 27.1 Å². The summed E-state index contributed by atoms with van der Waals surface area (Å²) in [5, 5.41) is 4.32. The summed E-state index contributed by atoms with van der Waals surface area (Å²) in [7, 11) is 0. The molecular weight excluding hydrogens is 409 g/mol. The van der Waals surface area contributed by atoms with E-state index >= 15 is 0 Å². The summed E-state index contributed by atoms with van der Waals surface area (Å²) in [4.78, 5) is 12.6. The Hall–Kier alpha value is -3.55. The highest BCUT2D eigenvalue weighted by Crippen LogP contribution is 2.32. The van der Waals surface area contributed by atoms with Gasteiger partial charge in [0.15, 0.2) is 0 Å². The number of hydrogen-bond donors (Lipinski definition) is 1. The Labute approximate surface area is 176 Å². The van der Waals surface area contributed by atoms with Gasteiger partial charge in [0, 0.05) is 17.5 Å². The summed E-state index contributed by atoms with van der Waals surface area (Å²) in [6.45, 7) is 1.75. The van der Waals surface area contributed by atoms with Crippen molar-refractivity contribution in [1.82, 2.24) is 0 Å². The van der Waals surface area contributed by atoms with Crippen LogP contribution < -0.4 is 10.2 Å². The van der Waals surface area contributed by atoms with E-state index in [4.69, 9.17) is 9.15 Å². The molecule has 0 fully saturated rings. The maximum Gasteiger partial charge on any atom is 0.416 e. The standard InChI is InChI=1S/C23H19F3N2O3/c1-14-20-18(28-27-16-8-5-7-15(13-16)23(24,25)26)11-6-12-19(20)31-21(14)22(29)30-17-9-3-2-4-10-17/h2-5,7-10,13,27H,6,11-12H2,1H3/b28-18+. The zero-order valence-corrected chi connectivity index (χ0v) is 16.6. The SMILES string of the molecule is Cc1c(C(=O)Oc2ccccc2)oc2c1/C(=N/Nc1cccc(C(F)(F)F)c1)CCC2. The van der Waals surface area contributed by atoms with E-state index in [0.717, 1.165) is 18.6 Å². The van der Waals surface area contributed by atoms with E-state index in [9.17, 15) is 18.0 Å². The minimum Gasteiger partial charge on any atom is -0.453 e. The number of benzene rings is 2. The molecule has 0 saturated carbocycles. The summed E-state index contributed by atoms with van der Waals surface area (Å²) in [6, 6.07) is 13.5. The summed E-state index contributed by atoms with van der Waals surface area (Å²) in [5.74, 6) is 0.514. The van der Waals surface area contributed by atoms with Crippen LogP contribution in [-0.2, 0) is 12.6 Å². The van der Waals surface area contributed by atoms with E-state index in [1.165, 1.54) is 12.1 Å². The van der Waals surface area contributed by atoms with Crippen LogP contribution in [0.15, 0.2) is 64.1 Å². The Kier molecular flexibility index (Phi) is 5.54. The number of furan rings is 1. The molecule has 1 aliphatic rings. The van der Waals surface area contributed by atoms with Gasteiger partial charge in [-0.15, -0.1) is 0 Å². The number of aryl methyl sites for hydroxylation is 1. The van der Waals surface area contributed by atoms with Crippen LogP contribution >= 0.6 is 0 Å². The van der Waals surface area contributed by atoms with Crippen molar-refractivity contribution >= 4 is 17.4 Å². The van der Waals surface area contributed by atoms with Gasteiger partial charge in [0.2, 0.25) is 5.76 Å². The average molecular weight is 428 g/mol. The van der Waals surface area contributed by atoms with Crippen LogP contribution in [0.1, 0.15) is 45.8 Å². The molecule has 1 aliphatic carbocycles. The number of nitrogens with one attached hydrogen (secondary N) is 1. The van der Waals surface area contributed by atoms with Crippen LogP contribution in [-0.4, -0.2) is 11.7 Å². The molecule has 0 radical (unpaired) electrons. The van der Waals surface area contributed by atoms with Crippen LogP contribution in [0, 0.1) is 6.92 Å². The quantitative estimate of drug-likeness (QED) is 0.316. The first kappa shape index (κ1) is 20.7. The van der Waals surface area contributed by atoms with Gasteiger partial charge >= 0.3 is 12.1 Å². The molecule has 8 heteroatoms. The molecule has 1 N–H and O–H groups in total. The number of rotatable bonds is 4. The second-order valence-corrected chi connectivity index (χ2v) is 7.16. The van der Waals surface area contributed by atoms with E-state index in [1.54, 1.807) is 31.2 Å². The van der Waals surface area contributed by atoms with Gasteiger partial charge in [-0.25, -0.2) is 4.79 Å². The maximum atomic E-state index is 12.9. The van der Waals surface area contributed by atoms with Gasteiger partial charge < -0.3 is 9.15 Å². The first-order chi connectivity index (χ1) is 14.8. The predicted molar refractivity (Wildman–Crippen MR) is 109 cm³/mol. The van der Waals surface area contributed by atoms with Crippen LogP contribution in [0.5, 0.6) is 5.75 Å². The number of hydrazone groups is 1. The largest absolute Gasteiger partial charge is 0.453 e. The molecule has 1 heterocycles. The highest BCUT2D eigenvalue weighted by molar-refractivity contribution is 6.06. The molecule has 2 aromatic carbocycles. The minimum absolute atomic E-state index is 0.0996. The number of ether oxygens (including phenoxy) is 1. The number of nitrogens with zero attached hydrogens (tertiary/aromatic N) is 1. The second kappa shape index (κ2) is 8.29. The molecule has 31 heavy (non-hydrogen) atoms. The van der Waals surface area contributed by atoms with Crippen molar-refractivity contribution in [3.05, 3.63) is 82.8 Å². The molecule has 0 unspecified atom stereocenters. The van der Waals surface area contributed by atoms with Crippen molar-refractivity contribution in [2.24, 2.45) is 5.10 Å². The van der Waals surface area contributed by atoms with Crippen molar-refractivity contribution in [2.45, 2.75) is 32.4 Å². The number of para-hydroxylation sites is 1. The van der Waals surface area contributed by atoms with Crippen molar-refractivity contribution in [1.29, 1.82) is 0 Å². The number of carbonyl (C=O) groups is 1. The lowest BCUT2D eigenvalue weighted by Gasteiger charge is -2.14. The summed E-state index contributed by atoms with van der Waals surface area (Å²) < 4.78 is 49.9. The molecule has 1 aromatic heterocycles. The molecule has 3 aromatic rings. The molecule has 0 amide bonds. The van der Waals surface area contributed by atoms with Gasteiger partial charge in [0.05, 0.1) is 17.0 Å². The maximum absolute atomic E-state index is 12.9. The van der Waals surface area contributed by atoms with E-state index in [-0.39, 0.29) is 11.4 Å². The van der Waals surface area contributed by atoms with E-state index < -0.39 is 17.7 Å². The van der Waals surface area contributed by atoms with Crippen LogP contribution in [0.2, 0.25) is 0 Å². The van der Waals surface area contributed by atoms with Crippen molar-refractivity contribution in [3.63, 3.8) is 0 Å². The Morgan fingerprint density at radius 3 is 2.61 bits per heavy atom. The van der Waals surface area contributed by atoms with Crippen LogP contribution in [0.25, 0.3) is 0 Å². The smallest absolute Gasteiger partial charge is 0.416 e. The number of esters is 1. The normalized spacial score (nSPS) is 14.9. The fourth-order valence-corrected chi connectivity index (χ4v) is 3.51. The van der Waals surface area contributed by atoms with Crippen LogP contribution in [0.4, 0.5) is 18.9 Å². The monoisotopic (exact) mass is 428 g/mol. The molecule has 0 atom stereocenters. The van der Waals surface area contributed by atoms with E-state index in [1.807, 2.05) is 6.07 Å². The molecule has 4 rings (SSSR count). The third-order valence-electron chi connectivity index (χ3n) is 4.97. The number of alkyl halides is 3. The molecule has 0 saturated heterocycles. The van der Waals surface area contributed by atoms with E-state index in [0.29, 0.717) is 41.2 Å². The highest BCUT2D eigenvalue weighted by Gasteiger charge is 2.31. The Morgan fingerprint density at radius 2 is 1.87 bits per heavy atom. The van der Waals surface area contributed by atoms with Crippen molar-refractivity contribution in [2.75, 3.05) is 5.43 Å². The topological polar surface area (TPSA) is 63.8 Å². The van der Waals surface area contributed by atoms with Gasteiger partial charge in [-0.05, 0) is 50.1 Å². The third kappa shape index (κ3) is 4.47. The summed E-state index contributed by atoms with van der Waals surface area (Å²) in [6.07, 6.45) is -2.45. The molecule has 5 nitrogen and oxygen atoms in total. The number of fused-ring (bicyclic) bond motifs is 1. The zero-order chi connectivity index (χ0) is 22.0. The van der Waals surface area contributed by atoms with E-state index in [2.05, 4.69) is 10.5 Å². The number of hydrogen-bond acceptors (Lipinski definition) is 5. The Morgan fingerprint density at radius 1 is 1.10 bits per heavy atom. The average Bonchev–Trinajstić information content (AvgIpc) is 3.10. The first-order valence-electron chi connectivity index (χ1n) is 9.72. The lowest BCUT2D eigenvalue weighted by Crippen LogP contribution is -2.14. The number of anilines is 1. The second-order valence-electron chi connectivity index (χ2n) is 7.16. The van der Waals surface area contributed by atoms with Crippen LogP contribution in [0.3, 0.4) is 0 Å². The van der Waals surface area contributed by atoms with Crippen molar-refractivity contribution in [3.8, 4) is 5.75 Å². The van der Waals surface area contributed by atoms with Gasteiger partial charge in [-0.2, -0.15) is 18.3 Å². The highest BCUT2D eigenvalue weighted by atomic mass is 19.4. The molecular formula is C23H19F3N2O3. The van der Waals surface area contributed by atoms with Gasteiger partial charge in [-0.3, -0.25) is 5.43 Å².